The summed E-state index contributed by atoms with van der Waals surface area (Å²) >= 11 is 0. The molecule has 0 bridgehead atoms. The minimum absolute atomic E-state index is 0.0728. The number of hydrazine groups is 5. The van der Waals surface area contributed by atoms with Gasteiger partial charge in [0.15, 0.2) is 0 Å². The van der Waals surface area contributed by atoms with Gasteiger partial charge in [-0.05, 0) is 83.6 Å². The summed E-state index contributed by atoms with van der Waals surface area (Å²) in [4.78, 5) is 187. The van der Waals surface area contributed by atoms with Crippen molar-refractivity contribution < 1.29 is 71.9 Å². The summed E-state index contributed by atoms with van der Waals surface area (Å²) in [5.74, 6) is -14.2. The van der Waals surface area contributed by atoms with E-state index in [0.717, 1.165) is 176 Å². The van der Waals surface area contributed by atoms with E-state index < -0.39 is 108 Å². The summed E-state index contributed by atoms with van der Waals surface area (Å²) in [6.07, 6.45) is 2.92. The van der Waals surface area contributed by atoms with Crippen LogP contribution >= 0.6 is 0 Å². The van der Waals surface area contributed by atoms with Crippen LogP contribution in [0.1, 0.15) is 110 Å². The first kappa shape index (κ1) is 71.7. The summed E-state index contributed by atoms with van der Waals surface area (Å²) in [5.41, 5.74) is 0. The van der Waals surface area contributed by atoms with Crippen LogP contribution in [-0.2, 0) is 71.9 Å². The molecule has 0 aromatic carbocycles. The monoisotopic (exact) mass is 1290 g/mol. The number of carbonyl (C=O) groups is 15. The number of piperazine rings is 6. The Labute approximate surface area is 537 Å². The van der Waals surface area contributed by atoms with Crippen molar-refractivity contribution in [1.29, 1.82) is 0 Å². The quantitative estimate of drug-likeness (QED) is 0.0460. The zero-order valence-electron chi connectivity index (χ0n) is 53.8. The van der Waals surface area contributed by atoms with Gasteiger partial charge in [0.05, 0.1) is 45.1 Å². The van der Waals surface area contributed by atoms with Crippen LogP contribution in [0.3, 0.4) is 0 Å². The van der Waals surface area contributed by atoms with E-state index in [2.05, 4.69) is 66.0 Å². The number of hydrogen-bond donors (Lipinski definition) is 3. The van der Waals surface area contributed by atoms with Gasteiger partial charge in [-0.3, -0.25) is 71.9 Å². The molecular weight excluding hydrogens is 1190 g/mol. The molecule has 6 aliphatic heterocycles. The lowest BCUT2D eigenvalue weighted by atomic mass is 9.75. The molecule has 3 N–H and O–H groups in total. The van der Waals surface area contributed by atoms with Gasteiger partial charge < -0.3 is 25.8 Å². The molecule has 8 rings (SSSR count). The third-order valence-electron chi connectivity index (χ3n) is 19.4. The van der Waals surface area contributed by atoms with Crippen LogP contribution < -0.4 is 16.0 Å². The fourth-order valence-corrected chi connectivity index (χ4v) is 14.0. The van der Waals surface area contributed by atoms with Crippen LogP contribution in [0.2, 0.25) is 0 Å². The lowest BCUT2D eigenvalue weighted by Crippen LogP contribution is -2.66. The van der Waals surface area contributed by atoms with E-state index in [0.29, 0.717) is 63.7 Å². The van der Waals surface area contributed by atoms with Gasteiger partial charge in [0.2, 0.25) is 81.5 Å². The van der Waals surface area contributed by atoms with Crippen molar-refractivity contribution in [3.05, 3.63) is 0 Å². The lowest BCUT2D eigenvalue weighted by Gasteiger charge is -2.51. The molecule has 0 aromatic rings. The average molecular weight is 1290 g/mol. The van der Waals surface area contributed by atoms with Crippen LogP contribution in [0.4, 0.5) is 0 Å². The van der Waals surface area contributed by atoms with Gasteiger partial charge in [-0.2, -0.15) is 0 Å². The Morgan fingerprint density at radius 2 is 0.511 bits per heavy atom. The van der Waals surface area contributed by atoms with Gasteiger partial charge in [0.1, 0.15) is 12.2 Å². The van der Waals surface area contributed by atoms with E-state index in [1.54, 1.807) is 7.05 Å². The van der Waals surface area contributed by atoms with Crippen molar-refractivity contribution in [2.75, 3.05) is 171 Å². The number of Topliss-reactive ketones (excluding diaryl/α,β-unsaturated/α-hetero) is 11. The van der Waals surface area contributed by atoms with E-state index in [9.17, 15) is 71.9 Å². The fraction of sp³-hybridized carbons (Fsp3) is 0.758. The van der Waals surface area contributed by atoms with E-state index in [-0.39, 0.29) is 30.2 Å². The Morgan fingerprint density at radius 3 is 0.772 bits per heavy atom. The number of ketones is 11. The molecule has 30 heteroatoms. The summed E-state index contributed by atoms with van der Waals surface area (Å²) in [7, 11) is 1.79. The predicted molar refractivity (Wildman–Crippen MR) is 328 cm³/mol. The second kappa shape index (κ2) is 34.8. The molecular formula is C62H95N15O15. The lowest BCUT2D eigenvalue weighted by molar-refractivity contribution is -0.174. The Morgan fingerprint density at radius 1 is 0.283 bits per heavy atom. The van der Waals surface area contributed by atoms with Crippen LogP contribution in [0, 0.1) is 11.8 Å². The second-order valence-electron chi connectivity index (χ2n) is 25.8. The van der Waals surface area contributed by atoms with E-state index in [1.165, 1.54) is 11.3 Å². The number of likely N-dealkylation sites (N-methyl/N-ethyl adjacent to an activating group) is 1. The Bertz CT molecular complexity index is 2720. The largest absolute Gasteiger partial charge is 0.353 e. The molecule has 0 radical (unpaired) electrons. The molecule has 4 amide bonds. The summed E-state index contributed by atoms with van der Waals surface area (Å²) in [5, 5.41) is 33.5. The molecule has 8 aliphatic rings. The number of rotatable bonds is 30. The third-order valence-corrected chi connectivity index (χ3v) is 19.4. The first-order chi connectivity index (χ1) is 44.1. The normalized spacial score (nSPS) is 24.5. The van der Waals surface area contributed by atoms with Crippen molar-refractivity contribution in [1.82, 2.24) is 75.8 Å². The van der Waals surface area contributed by atoms with Crippen molar-refractivity contribution in [2.45, 2.75) is 122 Å². The third kappa shape index (κ3) is 21.2. The van der Waals surface area contributed by atoms with Gasteiger partial charge >= 0.3 is 0 Å². The molecule has 0 spiro atoms. The highest BCUT2D eigenvalue weighted by Gasteiger charge is 2.37. The summed E-state index contributed by atoms with van der Waals surface area (Å²) < 4.78 is 0. The Balaban J connectivity index is 0.623. The van der Waals surface area contributed by atoms with Crippen molar-refractivity contribution in [3.8, 4) is 0 Å². The van der Waals surface area contributed by atoms with Crippen molar-refractivity contribution in [2.24, 2.45) is 11.8 Å². The highest BCUT2D eigenvalue weighted by atomic mass is 16.2. The van der Waals surface area contributed by atoms with E-state index in [1.807, 2.05) is 4.90 Å². The summed E-state index contributed by atoms with van der Waals surface area (Å²) in [6, 6.07) is 0.433. The van der Waals surface area contributed by atoms with Gasteiger partial charge in [-0.15, -0.1) is 0 Å². The zero-order chi connectivity index (χ0) is 66.0. The molecule has 2 aliphatic carbocycles. The molecule has 92 heavy (non-hydrogen) atoms. The maximum atomic E-state index is 13.3. The van der Waals surface area contributed by atoms with Crippen LogP contribution in [-0.4, -0.2) is 330 Å². The number of nitrogens with one attached hydrogen (secondary N) is 3. The molecule has 6 heterocycles. The fourth-order valence-electron chi connectivity index (χ4n) is 14.0. The molecule has 2 saturated carbocycles. The molecule has 0 unspecified atom stereocenters. The van der Waals surface area contributed by atoms with Gasteiger partial charge in [-0.1, -0.05) is 0 Å². The minimum Gasteiger partial charge on any atom is -0.353 e. The SMILES string of the molecule is CNCC(=O)NC1CCC(CC2CCC(NC(=O)CC(=O)N3CCN(N4CCN(N5CCN(N6CCN(N7CCN(N8CCN(C(=O)CC(=O)C(=O)CC(=O)C(=O)CC(=O)C(=O)CC(=O)C(=O)CC(=O)C(=O)CC(C)=O)CC8)CC7)CC6)CC5)CC4)CC3)CC2)CC1. The van der Waals surface area contributed by atoms with E-state index in [4.69, 9.17) is 0 Å². The molecule has 6 saturated heterocycles. The number of amides is 4. The number of nitrogens with zero attached hydrogens (tertiary/aromatic N) is 12. The summed E-state index contributed by atoms with van der Waals surface area (Å²) in [6.45, 7) is 20.4. The average Bonchev–Trinajstić information content (AvgIpc) is 2.57. The van der Waals surface area contributed by atoms with Crippen LogP contribution in [0.25, 0.3) is 0 Å². The highest BCUT2D eigenvalue weighted by Crippen LogP contribution is 2.35. The van der Waals surface area contributed by atoms with Gasteiger partial charge in [0, 0.05) is 169 Å². The number of carbonyl (C=O) groups excluding carboxylic acids is 15. The standard InChI is InChI=1S/C62H95N15O15/c1-44(78)35-49(79)50(80)37-51(81)52(82)38-53(83)54(84)39-55(85)56(86)40-57(87)58(88)41-61(91)66-11-15-68(16-12-66)70-19-23-72(24-20-70)74-27-31-76(32-28-74)77-33-29-75(30-34-77)73-25-21-71(22-26-73)69-17-13-67(14-18-69)62(92)42-59(89)64-47-7-3-45(4-8-47)36-46-5-9-48(10-6-46)65-60(90)43-63-2/h45-48,63H,3-43H2,1-2H3,(H,64,89)(H,65,90). The zero-order valence-corrected chi connectivity index (χ0v) is 53.8. The second-order valence-corrected chi connectivity index (χ2v) is 25.8. The van der Waals surface area contributed by atoms with Crippen LogP contribution in [0.5, 0.6) is 0 Å². The highest BCUT2D eigenvalue weighted by molar-refractivity contribution is 6.57. The van der Waals surface area contributed by atoms with Crippen molar-refractivity contribution in [3.63, 3.8) is 0 Å². The van der Waals surface area contributed by atoms with E-state index >= 15 is 0 Å². The molecule has 508 valence electrons. The molecule has 30 nitrogen and oxygen atoms in total. The Hall–Kier alpha value is -6.19. The number of hydrogen-bond acceptors (Lipinski definition) is 26. The maximum absolute atomic E-state index is 13.3. The maximum Gasteiger partial charge on any atom is 0.234 e. The molecule has 0 aromatic heterocycles. The first-order valence-electron chi connectivity index (χ1n) is 33.2. The van der Waals surface area contributed by atoms with Gasteiger partial charge in [-0.25, -0.2) is 50.1 Å². The topological polar surface area (TPSA) is 331 Å². The smallest absolute Gasteiger partial charge is 0.234 e. The first-order valence-corrected chi connectivity index (χ1v) is 33.2. The molecule has 8 fully saturated rings. The minimum atomic E-state index is -1.54. The van der Waals surface area contributed by atoms with Crippen LogP contribution in [0.15, 0.2) is 0 Å². The van der Waals surface area contributed by atoms with Crippen molar-refractivity contribution >= 4 is 87.2 Å². The molecule has 0 atom stereocenters. The Kier molecular flexibility index (Phi) is 27.1. The predicted octanol–water partition coefficient (Wildman–Crippen LogP) is -3.71. The van der Waals surface area contributed by atoms with Gasteiger partial charge in [0.25, 0.3) is 0 Å².